The van der Waals surface area contributed by atoms with E-state index in [0.29, 0.717) is 26.1 Å². The molecule has 1 aliphatic heterocycles. The minimum absolute atomic E-state index is 0.0464. The number of carbonyl (C=O) groups excluding carboxylic acids is 1. The third-order valence-corrected chi connectivity index (χ3v) is 4.26. The average molecular weight is 291 g/mol. The van der Waals surface area contributed by atoms with Gasteiger partial charge in [-0.2, -0.15) is 0 Å². The van der Waals surface area contributed by atoms with Gasteiger partial charge in [0.1, 0.15) is 11.4 Å². The normalized spacial score (nSPS) is 16.8. The van der Waals surface area contributed by atoms with E-state index in [-0.39, 0.29) is 11.8 Å². The molecule has 0 aliphatic carbocycles. The molecule has 1 saturated heterocycles. The predicted molar refractivity (Wildman–Crippen MR) is 82.4 cm³/mol. The highest BCUT2D eigenvalue weighted by atomic mass is 16.5. The van der Waals surface area contributed by atoms with Crippen LogP contribution < -0.4 is 4.74 Å². The van der Waals surface area contributed by atoms with E-state index >= 15 is 0 Å². The Balaban J connectivity index is 1.76. The topological polar surface area (TPSA) is 49.8 Å². The van der Waals surface area contributed by atoms with Crippen LogP contribution in [-0.2, 0) is 4.79 Å². The zero-order valence-corrected chi connectivity index (χ0v) is 13.3. The molecule has 1 aromatic carbocycles. The highest BCUT2D eigenvalue weighted by molar-refractivity contribution is 5.77. The first-order valence-electron chi connectivity index (χ1n) is 7.52. The number of hydrogen-bond donors (Lipinski definition) is 1. The van der Waals surface area contributed by atoms with Gasteiger partial charge in [0.2, 0.25) is 5.91 Å². The van der Waals surface area contributed by atoms with Crippen molar-refractivity contribution in [2.45, 2.75) is 39.7 Å². The molecular weight excluding hydrogens is 266 g/mol. The SMILES string of the molecule is Cc1ccc(OCCC(=O)N2CC(O)(C(C)C)C2)c(C)c1. The lowest BCUT2D eigenvalue weighted by Crippen LogP contribution is -2.66. The number of carbonyl (C=O) groups is 1. The van der Waals surface area contributed by atoms with Crippen LogP contribution in [-0.4, -0.2) is 41.2 Å². The van der Waals surface area contributed by atoms with Crippen molar-refractivity contribution in [3.63, 3.8) is 0 Å². The minimum atomic E-state index is -0.704. The van der Waals surface area contributed by atoms with Gasteiger partial charge in [-0.15, -0.1) is 0 Å². The molecule has 0 spiro atoms. The fraction of sp³-hybridized carbons (Fsp3) is 0.588. The second kappa shape index (κ2) is 6.06. The molecule has 0 atom stereocenters. The van der Waals surface area contributed by atoms with Crippen LogP contribution in [0.25, 0.3) is 0 Å². The monoisotopic (exact) mass is 291 g/mol. The Morgan fingerprint density at radius 2 is 2.05 bits per heavy atom. The number of benzene rings is 1. The van der Waals surface area contributed by atoms with Crippen LogP contribution in [0.2, 0.25) is 0 Å². The number of aryl methyl sites for hydroxylation is 2. The van der Waals surface area contributed by atoms with E-state index in [0.717, 1.165) is 11.3 Å². The average Bonchev–Trinajstić information content (AvgIpc) is 2.37. The molecule has 1 aromatic rings. The number of nitrogens with zero attached hydrogens (tertiary/aromatic N) is 1. The van der Waals surface area contributed by atoms with Gasteiger partial charge >= 0.3 is 0 Å². The molecule has 1 aliphatic rings. The second-order valence-corrected chi connectivity index (χ2v) is 6.38. The molecule has 4 heteroatoms. The summed E-state index contributed by atoms with van der Waals surface area (Å²) in [6.45, 7) is 9.25. The molecule has 1 heterocycles. The lowest BCUT2D eigenvalue weighted by Gasteiger charge is -2.49. The molecule has 1 fully saturated rings. The summed E-state index contributed by atoms with van der Waals surface area (Å²) in [6.07, 6.45) is 0.349. The second-order valence-electron chi connectivity index (χ2n) is 6.38. The Labute approximate surface area is 126 Å². The largest absolute Gasteiger partial charge is 0.493 e. The van der Waals surface area contributed by atoms with Crippen LogP contribution in [0, 0.1) is 19.8 Å². The van der Waals surface area contributed by atoms with Crippen LogP contribution in [0.4, 0.5) is 0 Å². The van der Waals surface area contributed by atoms with Gasteiger partial charge in [-0.05, 0) is 31.4 Å². The Kier molecular flexibility index (Phi) is 4.57. The third kappa shape index (κ3) is 3.56. The smallest absolute Gasteiger partial charge is 0.226 e. The number of rotatable bonds is 5. The first-order chi connectivity index (χ1) is 9.82. The Morgan fingerprint density at radius 3 is 2.62 bits per heavy atom. The summed E-state index contributed by atoms with van der Waals surface area (Å²) in [7, 11) is 0. The highest BCUT2D eigenvalue weighted by Crippen LogP contribution is 2.29. The van der Waals surface area contributed by atoms with Gasteiger partial charge in [-0.25, -0.2) is 0 Å². The van der Waals surface area contributed by atoms with Gasteiger partial charge in [-0.1, -0.05) is 31.5 Å². The van der Waals surface area contributed by atoms with Crippen LogP contribution in [0.15, 0.2) is 18.2 Å². The summed E-state index contributed by atoms with van der Waals surface area (Å²) in [6, 6.07) is 6.01. The predicted octanol–water partition coefficient (Wildman–Crippen LogP) is 2.30. The molecule has 0 radical (unpaired) electrons. The van der Waals surface area contributed by atoms with Crippen LogP contribution in [0.5, 0.6) is 5.75 Å². The van der Waals surface area contributed by atoms with Crippen molar-refractivity contribution < 1.29 is 14.6 Å². The maximum absolute atomic E-state index is 12.0. The summed E-state index contributed by atoms with van der Waals surface area (Å²) in [5.74, 6) is 1.05. The summed E-state index contributed by atoms with van der Waals surface area (Å²) < 4.78 is 5.67. The van der Waals surface area contributed by atoms with Gasteiger partial charge in [0.05, 0.1) is 26.1 Å². The summed E-state index contributed by atoms with van der Waals surface area (Å²) in [5, 5.41) is 10.1. The van der Waals surface area contributed by atoms with E-state index in [9.17, 15) is 9.90 Å². The molecule has 116 valence electrons. The number of β-amino-alcohol motifs (C(OH)–C–C–N with tert-alkyl or cyclic N) is 1. The molecular formula is C17H25NO3. The summed E-state index contributed by atoms with van der Waals surface area (Å²) in [5.41, 5.74) is 1.58. The maximum atomic E-state index is 12.0. The number of amides is 1. The van der Waals surface area contributed by atoms with Crippen molar-refractivity contribution in [3.05, 3.63) is 29.3 Å². The molecule has 0 unspecified atom stereocenters. The third-order valence-electron chi connectivity index (χ3n) is 4.26. The minimum Gasteiger partial charge on any atom is -0.493 e. The first kappa shape index (κ1) is 15.8. The van der Waals surface area contributed by atoms with Gasteiger partial charge < -0.3 is 14.7 Å². The molecule has 0 aromatic heterocycles. The van der Waals surface area contributed by atoms with Crippen molar-refractivity contribution in [3.8, 4) is 5.75 Å². The van der Waals surface area contributed by atoms with E-state index < -0.39 is 5.60 Å². The number of likely N-dealkylation sites (tertiary alicyclic amines) is 1. The fourth-order valence-corrected chi connectivity index (χ4v) is 2.52. The van der Waals surface area contributed by atoms with Gasteiger partial charge in [0.15, 0.2) is 0 Å². The van der Waals surface area contributed by atoms with E-state index in [1.165, 1.54) is 5.56 Å². The van der Waals surface area contributed by atoms with Gasteiger partial charge in [-0.3, -0.25) is 4.79 Å². The molecule has 1 N–H and O–H groups in total. The molecule has 2 rings (SSSR count). The Morgan fingerprint density at radius 1 is 1.38 bits per heavy atom. The van der Waals surface area contributed by atoms with Crippen molar-refractivity contribution in [1.82, 2.24) is 4.90 Å². The van der Waals surface area contributed by atoms with Crippen molar-refractivity contribution in [2.75, 3.05) is 19.7 Å². The van der Waals surface area contributed by atoms with Crippen LogP contribution >= 0.6 is 0 Å². The number of ether oxygens (including phenoxy) is 1. The van der Waals surface area contributed by atoms with E-state index in [2.05, 4.69) is 6.07 Å². The van der Waals surface area contributed by atoms with Crippen LogP contribution in [0.1, 0.15) is 31.4 Å². The van der Waals surface area contributed by atoms with Crippen molar-refractivity contribution >= 4 is 5.91 Å². The number of hydrogen-bond acceptors (Lipinski definition) is 3. The highest BCUT2D eigenvalue weighted by Gasteiger charge is 2.45. The summed E-state index contributed by atoms with van der Waals surface area (Å²) in [4.78, 5) is 13.7. The molecule has 0 bridgehead atoms. The quantitative estimate of drug-likeness (QED) is 0.905. The zero-order chi connectivity index (χ0) is 15.6. The molecule has 4 nitrogen and oxygen atoms in total. The summed E-state index contributed by atoms with van der Waals surface area (Å²) >= 11 is 0. The van der Waals surface area contributed by atoms with E-state index in [4.69, 9.17) is 4.74 Å². The molecule has 1 amide bonds. The first-order valence-corrected chi connectivity index (χ1v) is 7.52. The van der Waals surface area contributed by atoms with Crippen molar-refractivity contribution in [2.24, 2.45) is 5.92 Å². The van der Waals surface area contributed by atoms with Gasteiger partial charge in [0, 0.05) is 0 Å². The lowest BCUT2D eigenvalue weighted by molar-refractivity contribution is -0.164. The van der Waals surface area contributed by atoms with Crippen molar-refractivity contribution in [1.29, 1.82) is 0 Å². The number of aliphatic hydroxyl groups is 1. The molecule has 0 saturated carbocycles. The maximum Gasteiger partial charge on any atom is 0.226 e. The Hall–Kier alpha value is -1.55. The zero-order valence-electron chi connectivity index (χ0n) is 13.3. The van der Waals surface area contributed by atoms with Gasteiger partial charge in [0.25, 0.3) is 0 Å². The van der Waals surface area contributed by atoms with Crippen LogP contribution in [0.3, 0.4) is 0 Å². The molecule has 21 heavy (non-hydrogen) atoms. The lowest BCUT2D eigenvalue weighted by atomic mass is 9.83. The standard InChI is InChI=1S/C17H25NO3/c1-12(2)17(20)10-18(11-17)16(19)7-8-21-15-6-5-13(3)9-14(15)4/h5-6,9,12,20H,7-8,10-11H2,1-4H3. The fourth-order valence-electron chi connectivity index (χ4n) is 2.52. The Bertz CT molecular complexity index is 519. The van der Waals surface area contributed by atoms with E-state index in [1.54, 1.807) is 4.90 Å². The van der Waals surface area contributed by atoms with E-state index in [1.807, 2.05) is 39.8 Å².